The van der Waals surface area contributed by atoms with Gasteiger partial charge >= 0.3 is 0 Å². The Bertz CT molecular complexity index is 1250. The smallest absolute Gasteiger partial charge is 0.224 e. The van der Waals surface area contributed by atoms with E-state index < -0.39 is 0 Å². The lowest BCUT2D eigenvalue weighted by Gasteiger charge is -2.24. The minimum Gasteiger partial charge on any atom is -0.481 e. The lowest BCUT2D eigenvalue weighted by molar-refractivity contribution is -0.0430. The van der Waals surface area contributed by atoms with Crippen molar-refractivity contribution in [3.05, 3.63) is 52.8 Å². The number of nitrogens with zero attached hydrogens (tertiary/aromatic N) is 5. The molecule has 158 valence electrons. The van der Waals surface area contributed by atoms with Crippen molar-refractivity contribution in [3.63, 3.8) is 0 Å². The van der Waals surface area contributed by atoms with Gasteiger partial charge in [0, 0.05) is 23.0 Å². The topological polar surface area (TPSA) is 75.0 Å². The molecule has 1 atom stereocenters. The Morgan fingerprint density at radius 1 is 1.10 bits per heavy atom. The van der Waals surface area contributed by atoms with Crippen LogP contribution in [0.1, 0.15) is 31.2 Å². The zero-order valence-corrected chi connectivity index (χ0v) is 19.0. The molecule has 0 spiro atoms. The summed E-state index contributed by atoms with van der Waals surface area (Å²) in [4.78, 5) is 14.0. The Kier molecular flexibility index (Phi) is 5.41. The van der Waals surface area contributed by atoms with Gasteiger partial charge in [-0.15, -0.1) is 0 Å². The van der Waals surface area contributed by atoms with Crippen LogP contribution in [0.3, 0.4) is 0 Å². The first kappa shape index (κ1) is 20.1. The highest BCUT2D eigenvalue weighted by Gasteiger charge is 2.29. The van der Waals surface area contributed by atoms with Crippen molar-refractivity contribution in [2.24, 2.45) is 0 Å². The zero-order chi connectivity index (χ0) is 21.4. The van der Waals surface area contributed by atoms with Crippen LogP contribution in [-0.2, 0) is 4.74 Å². The average Bonchev–Trinajstić information content (AvgIpc) is 3.19. The summed E-state index contributed by atoms with van der Waals surface area (Å²) in [7, 11) is 1.66. The van der Waals surface area contributed by atoms with E-state index in [2.05, 4.69) is 20.9 Å². The Balaban J connectivity index is 1.75. The van der Waals surface area contributed by atoms with Gasteiger partial charge in [-0.3, -0.25) is 9.97 Å². The molecule has 5 rings (SSSR count). The largest absolute Gasteiger partial charge is 0.481 e. The molecule has 0 aliphatic carbocycles. The molecule has 0 N–H and O–H groups in total. The van der Waals surface area contributed by atoms with E-state index in [9.17, 15) is 0 Å². The SMILES string of the molecule is COc1c(-c2ccc3ncc(Br)cc3n2)c(-c2cccc(C)n2)nn1C1CCCCO1. The number of fused-ring (bicyclic) bond motifs is 1. The number of pyridine rings is 3. The second-order valence-corrected chi connectivity index (χ2v) is 8.47. The van der Waals surface area contributed by atoms with E-state index in [-0.39, 0.29) is 6.23 Å². The molecule has 0 bridgehead atoms. The van der Waals surface area contributed by atoms with E-state index in [0.717, 1.165) is 69.7 Å². The predicted octanol–water partition coefficient (Wildman–Crippen LogP) is 5.33. The van der Waals surface area contributed by atoms with E-state index in [1.807, 2.05) is 48.0 Å². The summed E-state index contributed by atoms with van der Waals surface area (Å²) in [6.45, 7) is 2.69. The van der Waals surface area contributed by atoms with Crippen molar-refractivity contribution in [3.8, 4) is 28.5 Å². The Hall–Kier alpha value is -2.84. The summed E-state index contributed by atoms with van der Waals surface area (Å²) >= 11 is 3.49. The Morgan fingerprint density at radius 3 is 2.77 bits per heavy atom. The predicted molar refractivity (Wildman–Crippen MR) is 122 cm³/mol. The quantitative estimate of drug-likeness (QED) is 0.393. The molecule has 1 aliphatic heterocycles. The normalized spacial score (nSPS) is 16.5. The Labute approximate surface area is 188 Å². The van der Waals surface area contributed by atoms with Gasteiger partial charge in [0.05, 0.1) is 35.1 Å². The van der Waals surface area contributed by atoms with E-state index in [1.54, 1.807) is 13.3 Å². The minimum absolute atomic E-state index is 0.169. The van der Waals surface area contributed by atoms with Crippen molar-refractivity contribution in [2.75, 3.05) is 13.7 Å². The molecular formula is C23H22BrN5O2. The maximum absolute atomic E-state index is 6.02. The number of halogens is 1. The molecule has 4 aromatic rings. The molecule has 4 aromatic heterocycles. The van der Waals surface area contributed by atoms with Crippen LogP contribution >= 0.6 is 15.9 Å². The highest BCUT2D eigenvalue weighted by Crippen LogP contribution is 2.41. The van der Waals surface area contributed by atoms with E-state index in [0.29, 0.717) is 5.88 Å². The standard InChI is InChI=1S/C23H22BrN5O2/c1-14-6-5-7-18(26-14)22-21(17-10-9-16-19(27-17)12-15(24)13-25-16)23(30-2)29(28-22)20-8-3-4-11-31-20/h5-7,9-10,12-13,20H,3-4,8,11H2,1-2H3. The highest BCUT2D eigenvalue weighted by atomic mass is 79.9. The molecule has 31 heavy (non-hydrogen) atoms. The third-order valence-electron chi connectivity index (χ3n) is 5.38. The molecule has 1 aliphatic rings. The first-order chi connectivity index (χ1) is 15.1. The zero-order valence-electron chi connectivity index (χ0n) is 17.4. The van der Waals surface area contributed by atoms with Crippen LogP contribution in [0.25, 0.3) is 33.7 Å². The van der Waals surface area contributed by atoms with Gasteiger partial charge < -0.3 is 9.47 Å². The second-order valence-electron chi connectivity index (χ2n) is 7.55. The molecule has 8 heteroatoms. The van der Waals surface area contributed by atoms with E-state index in [4.69, 9.17) is 24.5 Å². The number of hydrogen-bond donors (Lipinski definition) is 0. The van der Waals surface area contributed by atoms with Gasteiger partial charge in [0.1, 0.15) is 5.69 Å². The fourth-order valence-electron chi connectivity index (χ4n) is 3.93. The van der Waals surface area contributed by atoms with Crippen molar-refractivity contribution in [1.29, 1.82) is 0 Å². The summed E-state index contributed by atoms with van der Waals surface area (Å²) in [5.74, 6) is 0.625. The summed E-state index contributed by atoms with van der Waals surface area (Å²) in [6.07, 6.45) is 4.64. The number of methoxy groups -OCH3 is 1. The molecular weight excluding hydrogens is 458 g/mol. The van der Waals surface area contributed by atoms with Gasteiger partial charge in [-0.2, -0.15) is 5.10 Å². The van der Waals surface area contributed by atoms with Gasteiger partial charge in [0.2, 0.25) is 5.88 Å². The monoisotopic (exact) mass is 479 g/mol. The van der Waals surface area contributed by atoms with Crippen LogP contribution < -0.4 is 4.74 Å². The number of aromatic nitrogens is 5. The van der Waals surface area contributed by atoms with Gasteiger partial charge in [-0.05, 0) is 72.4 Å². The van der Waals surface area contributed by atoms with Crippen molar-refractivity contribution in [2.45, 2.75) is 32.4 Å². The van der Waals surface area contributed by atoms with Crippen molar-refractivity contribution >= 4 is 27.0 Å². The van der Waals surface area contributed by atoms with Crippen LogP contribution in [0, 0.1) is 6.92 Å². The summed E-state index contributed by atoms with van der Waals surface area (Å²) in [6, 6.07) is 11.8. The van der Waals surface area contributed by atoms with Gasteiger partial charge in [0.25, 0.3) is 0 Å². The lowest BCUT2D eigenvalue weighted by atomic mass is 10.1. The molecule has 7 nitrogen and oxygen atoms in total. The molecule has 1 fully saturated rings. The molecule has 0 radical (unpaired) electrons. The molecule has 0 aromatic carbocycles. The van der Waals surface area contributed by atoms with Crippen LogP contribution in [0.15, 0.2) is 47.1 Å². The van der Waals surface area contributed by atoms with Gasteiger partial charge in [-0.1, -0.05) is 6.07 Å². The second kappa shape index (κ2) is 8.36. The number of rotatable bonds is 4. The summed E-state index contributed by atoms with van der Waals surface area (Å²) in [5, 5.41) is 4.93. The molecule has 0 amide bonds. The van der Waals surface area contributed by atoms with Crippen LogP contribution in [0.5, 0.6) is 5.88 Å². The maximum Gasteiger partial charge on any atom is 0.224 e. The highest BCUT2D eigenvalue weighted by molar-refractivity contribution is 9.10. The fourth-order valence-corrected chi connectivity index (χ4v) is 4.25. The molecule has 5 heterocycles. The first-order valence-electron chi connectivity index (χ1n) is 10.3. The lowest BCUT2D eigenvalue weighted by Crippen LogP contribution is -2.19. The summed E-state index contributed by atoms with van der Waals surface area (Å²) < 4.78 is 14.6. The first-order valence-corrected chi connectivity index (χ1v) is 11.1. The third kappa shape index (κ3) is 3.81. The number of ether oxygens (including phenoxy) is 2. The van der Waals surface area contributed by atoms with Crippen LogP contribution in [-0.4, -0.2) is 38.4 Å². The Morgan fingerprint density at radius 2 is 2.00 bits per heavy atom. The van der Waals surface area contributed by atoms with Gasteiger partial charge in [-0.25, -0.2) is 9.67 Å². The third-order valence-corrected chi connectivity index (χ3v) is 5.81. The maximum atomic E-state index is 6.02. The van der Waals surface area contributed by atoms with E-state index in [1.165, 1.54) is 0 Å². The van der Waals surface area contributed by atoms with E-state index >= 15 is 0 Å². The van der Waals surface area contributed by atoms with Crippen LogP contribution in [0.4, 0.5) is 0 Å². The molecule has 1 unspecified atom stereocenters. The fraction of sp³-hybridized carbons (Fsp3) is 0.304. The number of hydrogen-bond acceptors (Lipinski definition) is 6. The van der Waals surface area contributed by atoms with Crippen molar-refractivity contribution in [1.82, 2.24) is 24.7 Å². The van der Waals surface area contributed by atoms with Crippen LogP contribution in [0.2, 0.25) is 0 Å². The molecule has 0 saturated carbocycles. The summed E-state index contributed by atoms with van der Waals surface area (Å²) in [5.41, 5.74) is 5.59. The minimum atomic E-state index is -0.169. The van der Waals surface area contributed by atoms with Crippen molar-refractivity contribution < 1.29 is 9.47 Å². The molecule has 1 saturated heterocycles. The average molecular weight is 480 g/mol. The van der Waals surface area contributed by atoms with Gasteiger partial charge in [0.15, 0.2) is 6.23 Å². The number of aryl methyl sites for hydroxylation is 1.